The van der Waals surface area contributed by atoms with Gasteiger partial charge in [0.15, 0.2) is 0 Å². The monoisotopic (exact) mass is 208 g/mol. The standard InChI is InChI=1S/C12H16O3/c13-9-12(14)6-11(12)8-15-7-10-4-2-1-3-5-10/h1-5,11,13-14H,6-9H2. The van der Waals surface area contributed by atoms with Crippen LogP contribution in [-0.2, 0) is 11.3 Å². The van der Waals surface area contributed by atoms with Crippen LogP contribution in [0.3, 0.4) is 0 Å². The van der Waals surface area contributed by atoms with Gasteiger partial charge >= 0.3 is 0 Å². The van der Waals surface area contributed by atoms with Crippen LogP contribution >= 0.6 is 0 Å². The number of rotatable bonds is 5. The van der Waals surface area contributed by atoms with Crippen LogP contribution in [0.4, 0.5) is 0 Å². The SMILES string of the molecule is OCC1(O)CC1COCc1ccccc1. The van der Waals surface area contributed by atoms with Gasteiger partial charge in [-0.2, -0.15) is 0 Å². The van der Waals surface area contributed by atoms with Gasteiger partial charge in [0.25, 0.3) is 0 Å². The molecule has 1 aromatic rings. The lowest BCUT2D eigenvalue weighted by atomic mass is 10.2. The second-order valence-electron chi connectivity index (χ2n) is 4.16. The van der Waals surface area contributed by atoms with Crippen molar-refractivity contribution in [2.75, 3.05) is 13.2 Å². The van der Waals surface area contributed by atoms with Crippen LogP contribution in [0, 0.1) is 5.92 Å². The van der Waals surface area contributed by atoms with E-state index in [1.54, 1.807) is 0 Å². The van der Waals surface area contributed by atoms with E-state index in [1.807, 2.05) is 30.3 Å². The lowest BCUT2D eigenvalue weighted by Crippen LogP contribution is -2.18. The number of ether oxygens (including phenoxy) is 1. The van der Waals surface area contributed by atoms with Crippen molar-refractivity contribution in [3.05, 3.63) is 35.9 Å². The predicted molar refractivity (Wildman–Crippen MR) is 56.2 cm³/mol. The molecule has 1 aromatic carbocycles. The Kier molecular flexibility index (Phi) is 3.05. The van der Waals surface area contributed by atoms with Gasteiger partial charge in [0.1, 0.15) is 0 Å². The van der Waals surface area contributed by atoms with E-state index in [1.165, 1.54) is 0 Å². The van der Waals surface area contributed by atoms with E-state index in [0.29, 0.717) is 19.6 Å². The predicted octanol–water partition coefficient (Wildman–Crippen LogP) is 0.946. The summed E-state index contributed by atoms with van der Waals surface area (Å²) in [7, 11) is 0. The topological polar surface area (TPSA) is 49.7 Å². The lowest BCUT2D eigenvalue weighted by molar-refractivity contribution is 0.0313. The Bertz CT molecular complexity index is 312. The summed E-state index contributed by atoms with van der Waals surface area (Å²) in [5.74, 6) is 0.103. The molecule has 2 rings (SSSR count). The van der Waals surface area contributed by atoms with Crippen molar-refractivity contribution in [3.63, 3.8) is 0 Å². The summed E-state index contributed by atoms with van der Waals surface area (Å²) in [6, 6.07) is 9.92. The Hall–Kier alpha value is -0.900. The minimum Gasteiger partial charge on any atom is -0.393 e. The molecular weight excluding hydrogens is 192 g/mol. The van der Waals surface area contributed by atoms with Crippen LogP contribution in [0.15, 0.2) is 30.3 Å². The van der Waals surface area contributed by atoms with Crippen LogP contribution in [0.5, 0.6) is 0 Å². The van der Waals surface area contributed by atoms with E-state index < -0.39 is 5.60 Å². The Labute approximate surface area is 89.3 Å². The van der Waals surface area contributed by atoms with Gasteiger partial charge in [-0.25, -0.2) is 0 Å². The van der Waals surface area contributed by atoms with Gasteiger partial charge in [0.2, 0.25) is 0 Å². The van der Waals surface area contributed by atoms with E-state index in [9.17, 15) is 5.11 Å². The number of hydrogen-bond donors (Lipinski definition) is 2. The van der Waals surface area contributed by atoms with Crippen LogP contribution in [-0.4, -0.2) is 29.0 Å². The smallest absolute Gasteiger partial charge is 0.0932 e. The fourth-order valence-corrected chi connectivity index (χ4v) is 1.67. The molecule has 15 heavy (non-hydrogen) atoms. The quantitative estimate of drug-likeness (QED) is 0.757. The third-order valence-electron chi connectivity index (χ3n) is 2.90. The Morgan fingerprint density at radius 2 is 2.07 bits per heavy atom. The van der Waals surface area contributed by atoms with Gasteiger partial charge in [-0.05, 0) is 12.0 Å². The average Bonchev–Trinajstić information content (AvgIpc) is 2.92. The Morgan fingerprint density at radius 1 is 1.33 bits per heavy atom. The first-order chi connectivity index (χ1) is 7.24. The zero-order valence-corrected chi connectivity index (χ0v) is 8.60. The second-order valence-corrected chi connectivity index (χ2v) is 4.16. The minimum absolute atomic E-state index is 0.103. The molecule has 0 radical (unpaired) electrons. The van der Waals surface area contributed by atoms with Gasteiger partial charge in [0, 0.05) is 5.92 Å². The van der Waals surface area contributed by atoms with Crippen LogP contribution in [0.1, 0.15) is 12.0 Å². The van der Waals surface area contributed by atoms with Crippen molar-refractivity contribution >= 4 is 0 Å². The lowest BCUT2D eigenvalue weighted by Gasteiger charge is -2.07. The molecule has 82 valence electrons. The van der Waals surface area contributed by atoms with E-state index >= 15 is 0 Å². The highest BCUT2D eigenvalue weighted by Crippen LogP contribution is 2.42. The van der Waals surface area contributed by atoms with Gasteiger partial charge in [-0.15, -0.1) is 0 Å². The molecule has 2 atom stereocenters. The molecular formula is C12H16O3. The minimum atomic E-state index is -0.864. The number of benzene rings is 1. The number of hydrogen-bond acceptors (Lipinski definition) is 3. The summed E-state index contributed by atoms with van der Waals surface area (Å²) in [6.07, 6.45) is 0.651. The summed E-state index contributed by atoms with van der Waals surface area (Å²) in [5.41, 5.74) is 0.266. The zero-order chi connectivity index (χ0) is 10.7. The maximum absolute atomic E-state index is 9.56. The van der Waals surface area contributed by atoms with Crippen LogP contribution in [0.25, 0.3) is 0 Å². The maximum Gasteiger partial charge on any atom is 0.0932 e. The number of aliphatic hydroxyl groups is 2. The molecule has 0 heterocycles. The molecule has 3 nitrogen and oxygen atoms in total. The van der Waals surface area contributed by atoms with Gasteiger partial charge in [-0.1, -0.05) is 30.3 Å². The highest BCUT2D eigenvalue weighted by Gasteiger charge is 2.52. The van der Waals surface area contributed by atoms with Crippen molar-refractivity contribution in [2.24, 2.45) is 5.92 Å². The molecule has 0 saturated heterocycles. The van der Waals surface area contributed by atoms with Crippen LogP contribution in [0.2, 0.25) is 0 Å². The molecule has 1 aliphatic carbocycles. The van der Waals surface area contributed by atoms with E-state index in [2.05, 4.69) is 0 Å². The van der Waals surface area contributed by atoms with Crippen molar-refractivity contribution in [1.82, 2.24) is 0 Å². The normalized spacial score (nSPS) is 29.1. The van der Waals surface area contributed by atoms with Crippen molar-refractivity contribution in [3.8, 4) is 0 Å². The Morgan fingerprint density at radius 3 is 2.67 bits per heavy atom. The Balaban J connectivity index is 1.69. The third-order valence-corrected chi connectivity index (χ3v) is 2.90. The van der Waals surface area contributed by atoms with Gasteiger partial charge in [0.05, 0.1) is 25.4 Å². The molecule has 2 N–H and O–H groups in total. The van der Waals surface area contributed by atoms with Crippen molar-refractivity contribution in [1.29, 1.82) is 0 Å². The summed E-state index contributed by atoms with van der Waals surface area (Å²) in [6.45, 7) is 0.928. The van der Waals surface area contributed by atoms with Gasteiger partial charge in [-0.3, -0.25) is 0 Å². The van der Waals surface area contributed by atoms with Crippen molar-refractivity contribution < 1.29 is 14.9 Å². The molecule has 0 aromatic heterocycles. The zero-order valence-electron chi connectivity index (χ0n) is 8.60. The molecule has 3 heteroatoms. The molecule has 0 bridgehead atoms. The highest BCUT2D eigenvalue weighted by molar-refractivity contribution is 5.13. The van der Waals surface area contributed by atoms with E-state index in [4.69, 9.17) is 9.84 Å². The van der Waals surface area contributed by atoms with Gasteiger partial charge < -0.3 is 14.9 Å². The molecule has 0 aliphatic heterocycles. The molecule has 1 fully saturated rings. The first-order valence-corrected chi connectivity index (χ1v) is 5.19. The summed E-state index contributed by atoms with van der Waals surface area (Å²) in [5, 5.41) is 18.4. The highest BCUT2D eigenvalue weighted by atomic mass is 16.5. The maximum atomic E-state index is 9.56. The fourth-order valence-electron chi connectivity index (χ4n) is 1.67. The third kappa shape index (κ3) is 2.56. The molecule has 0 spiro atoms. The summed E-state index contributed by atoms with van der Waals surface area (Å²) >= 11 is 0. The number of aliphatic hydroxyl groups excluding tert-OH is 1. The summed E-state index contributed by atoms with van der Waals surface area (Å²) < 4.78 is 5.47. The first-order valence-electron chi connectivity index (χ1n) is 5.19. The van der Waals surface area contributed by atoms with Crippen LogP contribution < -0.4 is 0 Å². The summed E-state index contributed by atoms with van der Waals surface area (Å²) in [4.78, 5) is 0. The second kappa shape index (κ2) is 4.31. The molecule has 1 aliphatic rings. The first kappa shape index (κ1) is 10.6. The largest absolute Gasteiger partial charge is 0.393 e. The molecule has 0 amide bonds. The van der Waals surface area contributed by atoms with Crippen molar-refractivity contribution in [2.45, 2.75) is 18.6 Å². The molecule has 2 unspecified atom stereocenters. The van der Waals surface area contributed by atoms with E-state index in [0.717, 1.165) is 5.56 Å². The molecule has 1 saturated carbocycles. The fraction of sp³-hybridized carbons (Fsp3) is 0.500. The van der Waals surface area contributed by atoms with E-state index in [-0.39, 0.29) is 12.5 Å². The average molecular weight is 208 g/mol.